The average Bonchev–Trinajstić information content (AvgIpc) is 2.27. The second-order valence-electron chi connectivity index (χ2n) is 4.15. The Bertz CT molecular complexity index is 486. The van der Waals surface area contributed by atoms with Gasteiger partial charge in [0.2, 0.25) is 10.0 Å². The monoisotopic (exact) mass is 272 g/mol. The van der Waals surface area contributed by atoms with Gasteiger partial charge in [-0.1, -0.05) is 12.1 Å². The summed E-state index contributed by atoms with van der Waals surface area (Å²) in [7, 11) is -1.44. The van der Waals surface area contributed by atoms with Crippen molar-refractivity contribution >= 4 is 10.0 Å². The minimum absolute atomic E-state index is 0.397. The Hall–Kier alpha value is -1.11. The normalized spacial score (nSPS) is 11.5. The lowest BCUT2D eigenvalue weighted by Gasteiger charge is -2.08. The van der Waals surface area contributed by atoms with Crippen LogP contribution in [-0.2, 0) is 16.6 Å². The molecule has 6 heteroatoms. The highest BCUT2D eigenvalue weighted by Crippen LogP contribution is 2.18. The average molecular weight is 272 g/mol. The molecule has 2 N–H and O–H groups in total. The van der Waals surface area contributed by atoms with E-state index in [1.165, 1.54) is 0 Å². The van der Waals surface area contributed by atoms with Gasteiger partial charge < -0.3 is 10.1 Å². The van der Waals surface area contributed by atoms with Crippen LogP contribution in [0.1, 0.15) is 11.1 Å². The van der Waals surface area contributed by atoms with Crippen molar-refractivity contribution in [3.63, 3.8) is 0 Å². The maximum atomic E-state index is 10.8. The van der Waals surface area contributed by atoms with Crippen molar-refractivity contribution in [3.8, 4) is 5.75 Å². The summed E-state index contributed by atoms with van der Waals surface area (Å²) in [5, 5.41) is 3.17. The van der Waals surface area contributed by atoms with Crippen LogP contribution in [0, 0.1) is 6.92 Å². The van der Waals surface area contributed by atoms with E-state index >= 15 is 0 Å². The van der Waals surface area contributed by atoms with Gasteiger partial charge in [-0.2, -0.15) is 0 Å². The summed E-state index contributed by atoms with van der Waals surface area (Å²) in [6, 6.07) is 5.97. The standard InChI is InChI=1S/C12H20N2O3S/c1-10-8-11(4-5-12(10)17-2)9-13-6-7-14-18(3,15)16/h4-5,8,13-14H,6-7,9H2,1-3H3. The van der Waals surface area contributed by atoms with E-state index in [0.717, 1.165) is 23.1 Å². The van der Waals surface area contributed by atoms with Crippen LogP contribution < -0.4 is 14.8 Å². The van der Waals surface area contributed by atoms with Crippen molar-refractivity contribution < 1.29 is 13.2 Å². The third-order valence-corrected chi connectivity index (χ3v) is 3.18. The molecule has 0 aromatic heterocycles. The first-order chi connectivity index (χ1) is 8.42. The van der Waals surface area contributed by atoms with Crippen molar-refractivity contribution in [1.82, 2.24) is 10.0 Å². The summed E-state index contributed by atoms with van der Waals surface area (Å²) >= 11 is 0. The highest BCUT2D eigenvalue weighted by atomic mass is 32.2. The van der Waals surface area contributed by atoms with Crippen molar-refractivity contribution in [2.75, 3.05) is 26.5 Å². The molecule has 0 aliphatic heterocycles. The van der Waals surface area contributed by atoms with Gasteiger partial charge in [-0.3, -0.25) is 0 Å². The molecule has 0 aliphatic carbocycles. The van der Waals surface area contributed by atoms with Gasteiger partial charge in [0, 0.05) is 19.6 Å². The highest BCUT2D eigenvalue weighted by Gasteiger charge is 2.01. The van der Waals surface area contributed by atoms with Gasteiger partial charge in [0.1, 0.15) is 5.75 Å². The summed E-state index contributed by atoms with van der Waals surface area (Å²) in [5.41, 5.74) is 2.23. The summed E-state index contributed by atoms with van der Waals surface area (Å²) in [4.78, 5) is 0. The van der Waals surface area contributed by atoms with Gasteiger partial charge >= 0.3 is 0 Å². The molecule has 0 heterocycles. The number of nitrogens with one attached hydrogen (secondary N) is 2. The first-order valence-electron chi connectivity index (χ1n) is 5.71. The van der Waals surface area contributed by atoms with Gasteiger partial charge in [-0.15, -0.1) is 0 Å². The molecule has 0 radical (unpaired) electrons. The lowest BCUT2D eigenvalue weighted by Crippen LogP contribution is -2.30. The third-order valence-electron chi connectivity index (χ3n) is 2.45. The Labute approximate surface area is 109 Å². The molecular formula is C12H20N2O3S. The predicted octanol–water partition coefficient (Wildman–Crippen LogP) is 0.642. The number of methoxy groups -OCH3 is 1. The number of benzene rings is 1. The van der Waals surface area contributed by atoms with E-state index in [9.17, 15) is 8.42 Å². The second kappa shape index (κ2) is 6.72. The number of sulfonamides is 1. The Balaban J connectivity index is 2.34. The van der Waals surface area contributed by atoms with Crippen LogP contribution in [0.3, 0.4) is 0 Å². The largest absolute Gasteiger partial charge is 0.496 e. The van der Waals surface area contributed by atoms with Crippen molar-refractivity contribution in [3.05, 3.63) is 29.3 Å². The van der Waals surface area contributed by atoms with E-state index in [0.29, 0.717) is 19.6 Å². The highest BCUT2D eigenvalue weighted by molar-refractivity contribution is 7.88. The van der Waals surface area contributed by atoms with Crippen LogP contribution in [0.15, 0.2) is 18.2 Å². The van der Waals surface area contributed by atoms with Gasteiger partial charge in [0.25, 0.3) is 0 Å². The molecular weight excluding hydrogens is 252 g/mol. The molecule has 0 spiro atoms. The number of rotatable bonds is 7. The summed E-state index contributed by atoms with van der Waals surface area (Å²) in [5.74, 6) is 0.873. The van der Waals surface area contributed by atoms with Gasteiger partial charge in [0.15, 0.2) is 0 Å². The minimum Gasteiger partial charge on any atom is -0.496 e. The molecule has 0 saturated carbocycles. The first kappa shape index (κ1) is 14.9. The number of ether oxygens (including phenoxy) is 1. The van der Waals surface area contributed by atoms with E-state index in [1.807, 2.05) is 19.1 Å². The molecule has 0 amide bonds. The zero-order valence-electron chi connectivity index (χ0n) is 11.0. The zero-order valence-corrected chi connectivity index (χ0v) is 11.8. The Morgan fingerprint density at radius 2 is 2.00 bits per heavy atom. The molecule has 0 saturated heterocycles. The Morgan fingerprint density at radius 1 is 1.28 bits per heavy atom. The molecule has 1 aromatic rings. The van der Waals surface area contributed by atoms with E-state index < -0.39 is 10.0 Å². The van der Waals surface area contributed by atoms with Crippen molar-refractivity contribution in [1.29, 1.82) is 0 Å². The maximum absolute atomic E-state index is 10.8. The zero-order chi connectivity index (χ0) is 13.6. The molecule has 0 bridgehead atoms. The fourth-order valence-electron chi connectivity index (χ4n) is 1.61. The maximum Gasteiger partial charge on any atom is 0.208 e. The lowest BCUT2D eigenvalue weighted by molar-refractivity contribution is 0.411. The molecule has 5 nitrogen and oxygen atoms in total. The molecule has 1 rings (SSSR count). The quantitative estimate of drug-likeness (QED) is 0.715. The Kier molecular flexibility index (Phi) is 5.58. The lowest BCUT2D eigenvalue weighted by atomic mass is 10.1. The summed E-state index contributed by atoms with van der Waals surface area (Å²) in [6.45, 7) is 3.69. The van der Waals surface area contributed by atoms with E-state index in [-0.39, 0.29) is 0 Å². The number of aryl methyl sites for hydroxylation is 1. The Morgan fingerprint density at radius 3 is 2.56 bits per heavy atom. The van der Waals surface area contributed by atoms with Gasteiger partial charge in [0.05, 0.1) is 13.4 Å². The van der Waals surface area contributed by atoms with Crippen molar-refractivity contribution in [2.24, 2.45) is 0 Å². The smallest absolute Gasteiger partial charge is 0.208 e. The fraction of sp³-hybridized carbons (Fsp3) is 0.500. The van der Waals surface area contributed by atoms with E-state index in [1.54, 1.807) is 7.11 Å². The SMILES string of the molecule is COc1ccc(CNCCNS(C)(=O)=O)cc1C. The number of hydrogen-bond donors (Lipinski definition) is 2. The number of hydrogen-bond acceptors (Lipinski definition) is 4. The van der Waals surface area contributed by atoms with Crippen LogP contribution >= 0.6 is 0 Å². The van der Waals surface area contributed by atoms with Crippen LogP contribution in [0.4, 0.5) is 0 Å². The van der Waals surface area contributed by atoms with Crippen LogP contribution in [0.25, 0.3) is 0 Å². The minimum atomic E-state index is -3.09. The van der Waals surface area contributed by atoms with E-state index in [2.05, 4.69) is 16.1 Å². The van der Waals surface area contributed by atoms with Crippen molar-refractivity contribution in [2.45, 2.75) is 13.5 Å². The molecule has 0 atom stereocenters. The van der Waals surface area contributed by atoms with Crippen LogP contribution in [0.5, 0.6) is 5.75 Å². The second-order valence-corrected chi connectivity index (χ2v) is 5.98. The fourth-order valence-corrected chi connectivity index (χ4v) is 2.08. The van der Waals surface area contributed by atoms with Gasteiger partial charge in [-0.05, 0) is 24.1 Å². The molecule has 0 aliphatic rings. The molecule has 0 unspecified atom stereocenters. The molecule has 0 fully saturated rings. The molecule has 18 heavy (non-hydrogen) atoms. The topological polar surface area (TPSA) is 67.4 Å². The summed E-state index contributed by atoms with van der Waals surface area (Å²) in [6.07, 6.45) is 1.15. The summed E-state index contributed by atoms with van der Waals surface area (Å²) < 4.78 is 29.3. The van der Waals surface area contributed by atoms with Gasteiger partial charge in [-0.25, -0.2) is 13.1 Å². The molecule has 1 aromatic carbocycles. The van der Waals surface area contributed by atoms with Crippen LogP contribution in [-0.4, -0.2) is 34.9 Å². The van der Waals surface area contributed by atoms with E-state index in [4.69, 9.17) is 4.74 Å². The molecule has 102 valence electrons. The third kappa shape index (κ3) is 5.48. The predicted molar refractivity (Wildman–Crippen MR) is 72.3 cm³/mol. The van der Waals surface area contributed by atoms with Crippen LogP contribution in [0.2, 0.25) is 0 Å². The first-order valence-corrected chi connectivity index (χ1v) is 7.60.